The highest BCUT2D eigenvalue weighted by molar-refractivity contribution is 7.18. The van der Waals surface area contributed by atoms with Gasteiger partial charge in [-0.1, -0.05) is 0 Å². The third-order valence-electron chi connectivity index (χ3n) is 3.11. The lowest BCUT2D eigenvalue weighted by Gasteiger charge is -2.12. The van der Waals surface area contributed by atoms with Gasteiger partial charge in [0.05, 0.1) is 25.3 Å². The van der Waals surface area contributed by atoms with Gasteiger partial charge in [-0.2, -0.15) is 0 Å². The van der Waals surface area contributed by atoms with Crippen LogP contribution in [0, 0.1) is 6.92 Å². The Morgan fingerprint density at radius 3 is 2.64 bits per heavy atom. The number of fused-ring (bicyclic) bond motifs is 1. The average Bonchev–Trinajstić information content (AvgIpc) is 2.89. The predicted octanol–water partition coefficient (Wildman–Crippen LogP) is 4.18. The standard InChI is InChI=1S/C15H15N3O2S.ClH/c1-9-6-11-14(16-8-17-15(11)21-9)18-12-5-4-10(19-2)7-13(12)20-3;/h4-8H,1-3H3,(H,16,17,18);1H. The molecule has 7 heteroatoms. The van der Waals surface area contributed by atoms with E-state index in [1.807, 2.05) is 18.2 Å². The Morgan fingerprint density at radius 2 is 1.91 bits per heavy atom. The Labute approximate surface area is 138 Å². The summed E-state index contributed by atoms with van der Waals surface area (Å²) in [6, 6.07) is 7.70. The molecule has 2 heterocycles. The maximum Gasteiger partial charge on any atom is 0.146 e. The minimum absolute atomic E-state index is 0. The molecule has 3 rings (SSSR count). The van der Waals surface area contributed by atoms with Gasteiger partial charge in [0, 0.05) is 10.9 Å². The van der Waals surface area contributed by atoms with Gasteiger partial charge < -0.3 is 14.8 Å². The molecule has 22 heavy (non-hydrogen) atoms. The van der Waals surface area contributed by atoms with E-state index in [4.69, 9.17) is 9.47 Å². The van der Waals surface area contributed by atoms with Crippen LogP contribution >= 0.6 is 23.7 Å². The summed E-state index contributed by atoms with van der Waals surface area (Å²) in [7, 11) is 3.26. The monoisotopic (exact) mass is 337 g/mol. The van der Waals surface area contributed by atoms with E-state index in [-0.39, 0.29) is 12.4 Å². The van der Waals surface area contributed by atoms with E-state index in [9.17, 15) is 0 Å². The van der Waals surface area contributed by atoms with Crippen molar-refractivity contribution in [2.75, 3.05) is 19.5 Å². The zero-order chi connectivity index (χ0) is 14.8. The number of nitrogens with zero attached hydrogens (tertiary/aromatic N) is 2. The van der Waals surface area contributed by atoms with Crippen LogP contribution < -0.4 is 14.8 Å². The SMILES string of the molecule is COc1ccc(Nc2ncnc3sc(C)cc23)c(OC)c1.Cl. The number of benzene rings is 1. The second-order valence-corrected chi connectivity index (χ2v) is 5.72. The van der Waals surface area contributed by atoms with Crippen LogP contribution in [0.5, 0.6) is 11.5 Å². The van der Waals surface area contributed by atoms with Crippen molar-refractivity contribution in [2.24, 2.45) is 0 Å². The van der Waals surface area contributed by atoms with Crippen LogP contribution in [0.2, 0.25) is 0 Å². The number of thiophene rings is 1. The van der Waals surface area contributed by atoms with E-state index in [0.717, 1.165) is 27.5 Å². The summed E-state index contributed by atoms with van der Waals surface area (Å²) < 4.78 is 10.6. The number of anilines is 2. The van der Waals surface area contributed by atoms with Crippen molar-refractivity contribution in [3.8, 4) is 11.5 Å². The van der Waals surface area contributed by atoms with Gasteiger partial charge in [0.15, 0.2) is 0 Å². The van der Waals surface area contributed by atoms with Crippen LogP contribution in [0.1, 0.15) is 4.88 Å². The first-order valence-electron chi connectivity index (χ1n) is 6.41. The number of methoxy groups -OCH3 is 2. The van der Waals surface area contributed by atoms with Gasteiger partial charge in [-0.25, -0.2) is 9.97 Å². The number of nitrogens with one attached hydrogen (secondary N) is 1. The van der Waals surface area contributed by atoms with Gasteiger partial charge in [-0.3, -0.25) is 0 Å². The van der Waals surface area contributed by atoms with E-state index < -0.39 is 0 Å². The third-order valence-corrected chi connectivity index (χ3v) is 4.07. The highest BCUT2D eigenvalue weighted by Crippen LogP contribution is 2.34. The summed E-state index contributed by atoms with van der Waals surface area (Å²) in [6.45, 7) is 2.06. The molecule has 1 N–H and O–H groups in total. The normalized spacial score (nSPS) is 10.1. The molecule has 116 valence electrons. The van der Waals surface area contributed by atoms with Crippen molar-refractivity contribution >= 4 is 45.5 Å². The first-order valence-corrected chi connectivity index (χ1v) is 7.23. The Bertz CT molecular complexity index is 792. The Hall–Kier alpha value is -2.05. The molecular formula is C15H16ClN3O2S. The molecule has 0 saturated heterocycles. The number of ether oxygens (including phenoxy) is 2. The van der Waals surface area contributed by atoms with Gasteiger partial charge in [0.1, 0.15) is 28.5 Å². The molecule has 3 aromatic rings. The van der Waals surface area contributed by atoms with E-state index >= 15 is 0 Å². The van der Waals surface area contributed by atoms with Gasteiger partial charge in [-0.15, -0.1) is 23.7 Å². The molecule has 0 unspecified atom stereocenters. The molecule has 0 spiro atoms. The lowest BCUT2D eigenvalue weighted by Crippen LogP contribution is -1.98. The Morgan fingerprint density at radius 1 is 1.09 bits per heavy atom. The highest BCUT2D eigenvalue weighted by Gasteiger charge is 2.10. The quantitative estimate of drug-likeness (QED) is 0.773. The molecule has 0 saturated carbocycles. The fourth-order valence-electron chi connectivity index (χ4n) is 2.11. The number of halogens is 1. The van der Waals surface area contributed by atoms with Crippen molar-refractivity contribution in [3.05, 3.63) is 35.5 Å². The number of hydrogen-bond acceptors (Lipinski definition) is 6. The van der Waals surface area contributed by atoms with E-state index in [0.29, 0.717) is 5.75 Å². The maximum absolute atomic E-state index is 5.39. The van der Waals surface area contributed by atoms with Gasteiger partial charge >= 0.3 is 0 Å². The minimum atomic E-state index is 0. The van der Waals surface area contributed by atoms with Crippen LogP contribution in [0.25, 0.3) is 10.2 Å². The molecule has 0 radical (unpaired) electrons. The van der Waals surface area contributed by atoms with Crippen molar-refractivity contribution < 1.29 is 9.47 Å². The minimum Gasteiger partial charge on any atom is -0.497 e. The van der Waals surface area contributed by atoms with Crippen LogP contribution in [0.15, 0.2) is 30.6 Å². The average molecular weight is 338 g/mol. The van der Waals surface area contributed by atoms with Crippen molar-refractivity contribution in [2.45, 2.75) is 6.92 Å². The first-order chi connectivity index (χ1) is 10.2. The van der Waals surface area contributed by atoms with Gasteiger partial charge in [-0.05, 0) is 25.1 Å². The molecule has 0 aliphatic heterocycles. The van der Waals surface area contributed by atoms with Crippen LogP contribution in [-0.2, 0) is 0 Å². The zero-order valence-corrected chi connectivity index (χ0v) is 14.0. The van der Waals surface area contributed by atoms with E-state index in [2.05, 4.69) is 28.3 Å². The fourth-order valence-corrected chi connectivity index (χ4v) is 2.95. The van der Waals surface area contributed by atoms with Crippen LogP contribution in [0.4, 0.5) is 11.5 Å². The van der Waals surface area contributed by atoms with E-state index in [1.54, 1.807) is 31.9 Å². The predicted molar refractivity (Wildman–Crippen MR) is 92.2 cm³/mol. The second kappa shape index (κ2) is 6.81. The highest BCUT2D eigenvalue weighted by atomic mass is 35.5. The summed E-state index contributed by atoms with van der Waals surface area (Å²) in [6.07, 6.45) is 1.57. The number of aryl methyl sites for hydroxylation is 1. The molecule has 0 aliphatic rings. The number of rotatable bonds is 4. The zero-order valence-electron chi connectivity index (χ0n) is 12.4. The summed E-state index contributed by atoms with van der Waals surface area (Å²) in [5, 5.41) is 4.32. The molecule has 0 bridgehead atoms. The summed E-state index contributed by atoms with van der Waals surface area (Å²) in [5.41, 5.74) is 0.835. The molecule has 0 amide bonds. The van der Waals surface area contributed by atoms with Gasteiger partial charge in [0.2, 0.25) is 0 Å². The summed E-state index contributed by atoms with van der Waals surface area (Å²) in [5.74, 6) is 2.22. The summed E-state index contributed by atoms with van der Waals surface area (Å²) in [4.78, 5) is 10.8. The van der Waals surface area contributed by atoms with Gasteiger partial charge in [0.25, 0.3) is 0 Å². The largest absolute Gasteiger partial charge is 0.497 e. The maximum atomic E-state index is 5.39. The van der Waals surface area contributed by atoms with Crippen LogP contribution in [-0.4, -0.2) is 24.2 Å². The molecule has 1 aromatic carbocycles. The Balaban J connectivity index is 0.00000176. The van der Waals surface area contributed by atoms with Crippen LogP contribution in [0.3, 0.4) is 0 Å². The number of aromatic nitrogens is 2. The molecule has 2 aromatic heterocycles. The van der Waals surface area contributed by atoms with Crippen molar-refractivity contribution in [1.82, 2.24) is 9.97 Å². The molecule has 0 aliphatic carbocycles. The topological polar surface area (TPSA) is 56.3 Å². The molecule has 0 fully saturated rings. The first kappa shape index (κ1) is 16.3. The molecule has 5 nitrogen and oxygen atoms in total. The molecule has 0 atom stereocenters. The lowest BCUT2D eigenvalue weighted by atomic mass is 10.2. The summed E-state index contributed by atoms with van der Waals surface area (Å²) >= 11 is 1.65. The van der Waals surface area contributed by atoms with E-state index in [1.165, 1.54) is 4.88 Å². The van der Waals surface area contributed by atoms with Crippen molar-refractivity contribution in [3.63, 3.8) is 0 Å². The molecular weight excluding hydrogens is 322 g/mol. The smallest absolute Gasteiger partial charge is 0.146 e. The fraction of sp³-hybridized carbons (Fsp3) is 0.200. The third kappa shape index (κ3) is 3.08. The van der Waals surface area contributed by atoms with Crippen molar-refractivity contribution in [1.29, 1.82) is 0 Å². The number of hydrogen-bond donors (Lipinski definition) is 1. The lowest BCUT2D eigenvalue weighted by molar-refractivity contribution is 0.395. The second-order valence-electron chi connectivity index (χ2n) is 4.49. The Kier molecular flexibility index (Phi) is 5.05.